The summed E-state index contributed by atoms with van der Waals surface area (Å²) in [5.74, 6) is -0.482. The summed E-state index contributed by atoms with van der Waals surface area (Å²) < 4.78 is 0. The van der Waals surface area contributed by atoms with E-state index in [2.05, 4.69) is 4.98 Å². The second-order valence-electron chi connectivity index (χ2n) is 4.31. The Morgan fingerprint density at radius 1 is 1.05 bits per heavy atom. The fourth-order valence-corrected chi connectivity index (χ4v) is 2.24. The van der Waals surface area contributed by atoms with Gasteiger partial charge in [0, 0.05) is 0 Å². The summed E-state index contributed by atoms with van der Waals surface area (Å²) in [5.41, 5.74) is 1.74. The summed E-state index contributed by atoms with van der Waals surface area (Å²) in [7, 11) is 0. The number of nitrogens with zero attached hydrogens (tertiary/aromatic N) is 2. The number of fused-ring (bicyclic) bond motifs is 1. The summed E-state index contributed by atoms with van der Waals surface area (Å²) in [6, 6.07) is 10.0. The third-order valence-corrected chi connectivity index (χ3v) is 3.18. The highest BCUT2D eigenvalue weighted by Gasteiger charge is 2.37. The Morgan fingerprint density at radius 3 is 2.53 bits per heavy atom. The molecule has 1 aliphatic rings. The molecule has 1 aromatic carbocycles. The van der Waals surface area contributed by atoms with Gasteiger partial charge in [0.25, 0.3) is 11.8 Å². The van der Waals surface area contributed by atoms with Gasteiger partial charge < -0.3 is 0 Å². The van der Waals surface area contributed by atoms with Crippen LogP contribution < -0.4 is 4.90 Å². The minimum Gasteiger partial charge on any atom is -0.268 e. The largest absolute Gasteiger partial charge is 0.268 e. The molecule has 0 radical (unpaired) electrons. The molecule has 0 unspecified atom stereocenters. The number of rotatable bonds is 1. The molecule has 0 N–H and O–H groups in total. The lowest BCUT2D eigenvalue weighted by molar-refractivity contribution is 0.0925. The zero-order valence-corrected chi connectivity index (χ0v) is 10.8. The van der Waals surface area contributed by atoms with Crippen molar-refractivity contribution in [3.05, 3.63) is 58.2 Å². The van der Waals surface area contributed by atoms with E-state index in [0.717, 1.165) is 10.5 Å². The van der Waals surface area contributed by atoms with Crippen LogP contribution in [0.4, 0.5) is 5.82 Å². The van der Waals surface area contributed by atoms with Crippen molar-refractivity contribution < 1.29 is 9.59 Å². The highest BCUT2D eigenvalue weighted by molar-refractivity contribution is 6.34. The van der Waals surface area contributed by atoms with Gasteiger partial charge >= 0.3 is 0 Å². The molecule has 94 valence electrons. The normalized spacial score (nSPS) is 13.9. The number of carbonyl (C=O) groups excluding carboxylic acids is 2. The first kappa shape index (κ1) is 11.9. The van der Waals surface area contributed by atoms with Crippen molar-refractivity contribution in [1.29, 1.82) is 0 Å². The van der Waals surface area contributed by atoms with E-state index in [1.165, 1.54) is 0 Å². The average Bonchev–Trinajstić information content (AvgIpc) is 2.61. The monoisotopic (exact) mass is 272 g/mol. The number of aromatic nitrogens is 1. The molecule has 1 aliphatic heterocycles. The molecule has 2 amide bonds. The van der Waals surface area contributed by atoms with Crippen molar-refractivity contribution in [3.63, 3.8) is 0 Å². The van der Waals surface area contributed by atoms with E-state index in [9.17, 15) is 9.59 Å². The summed E-state index contributed by atoms with van der Waals surface area (Å²) >= 11 is 5.79. The molecular formula is C14H9ClN2O2. The number of hydrogen-bond donors (Lipinski definition) is 0. The van der Waals surface area contributed by atoms with E-state index in [1.54, 1.807) is 36.4 Å². The van der Waals surface area contributed by atoms with Crippen LogP contribution in [-0.2, 0) is 0 Å². The van der Waals surface area contributed by atoms with Gasteiger partial charge in [-0.2, -0.15) is 0 Å². The molecule has 5 heteroatoms. The predicted molar refractivity (Wildman–Crippen MR) is 71.6 cm³/mol. The number of aryl methyl sites for hydroxylation is 1. The first-order chi connectivity index (χ1) is 9.08. The van der Waals surface area contributed by atoms with Gasteiger partial charge in [-0.1, -0.05) is 29.3 Å². The number of pyridine rings is 1. The molecule has 0 atom stereocenters. The molecule has 19 heavy (non-hydrogen) atoms. The van der Waals surface area contributed by atoms with Crippen LogP contribution in [0.2, 0.25) is 5.15 Å². The Bertz CT molecular complexity index is 712. The highest BCUT2D eigenvalue weighted by Crippen LogP contribution is 2.28. The van der Waals surface area contributed by atoms with Crippen LogP contribution in [0.5, 0.6) is 0 Å². The molecule has 0 fully saturated rings. The lowest BCUT2D eigenvalue weighted by Crippen LogP contribution is -2.30. The van der Waals surface area contributed by atoms with Crippen molar-refractivity contribution in [2.24, 2.45) is 0 Å². The van der Waals surface area contributed by atoms with Gasteiger partial charge in [0.2, 0.25) is 0 Å². The number of benzene rings is 1. The number of hydrogen-bond acceptors (Lipinski definition) is 3. The Balaban J connectivity index is 2.13. The van der Waals surface area contributed by atoms with E-state index >= 15 is 0 Å². The quantitative estimate of drug-likeness (QED) is 0.592. The Kier molecular flexibility index (Phi) is 2.61. The van der Waals surface area contributed by atoms with Crippen LogP contribution >= 0.6 is 11.6 Å². The first-order valence-electron chi connectivity index (χ1n) is 5.70. The van der Waals surface area contributed by atoms with E-state index in [4.69, 9.17) is 11.6 Å². The maximum absolute atomic E-state index is 12.3. The van der Waals surface area contributed by atoms with E-state index in [-0.39, 0.29) is 22.8 Å². The van der Waals surface area contributed by atoms with Crippen LogP contribution in [-0.4, -0.2) is 16.8 Å². The smallest absolute Gasteiger partial charge is 0.267 e. The number of halogens is 1. The second kappa shape index (κ2) is 4.17. The van der Waals surface area contributed by atoms with Gasteiger partial charge in [-0.3, -0.25) is 9.59 Å². The Hall–Kier alpha value is -2.20. The molecule has 0 aliphatic carbocycles. The van der Waals surface area contributed by atoms with Crippen molar-refractivity contribution in [3.8, 4) is 0 Å². The van der Waals surface area contributed by atoms with E-state index in [1.807, 2.05) is 6.92 Å². The van der Waals surface area contributed by atoms with Gasteiger partial charge in [-0.05, 0) is 31.2 Å². The molecule has 2 heterocycles. The highest BCUT2D eigenvalue weighted by atomic mass is 35.5. The molecule has 0 saturated heterocycles. The average molecular weight is 273 g/mol. The zero-order chi connectivity index (χ0) is 13.6. The molecule has 0 spiro atoms. The van der Waals surface area contributed by atoms with Crippen molar-refractivity contribution in [1.82, 2.24) is 4.98 Å². The zero-order valence-electron chi connectivity index (χ0n) is 10.1. The second-order valence-corrected chi connectivity index (χ2v) is 4.70. The molecule has 4 nitrogen and oxygen atoms in total. The fraction of sp³-hybridized carbons (Fsp3) is 0.0714. The SMILES string of the molecule is Cc1ccc2c(c1)C(=O)N(c1cccc(Cl)n1)C2=O. The number of amides is 2. The van der Waals surface area contributed by atoms with Crippen LogP contribution in [0.15, 0.2) is 36.4 Å². The first-order valence-corrected chi connectivity index (χ1v) is 6.08. The molecule has 1 aromatic heterocycles. The van der Waals surface area contributed by atoms with E-state index in [0.29, 0.717) is 11.1 Å². The van der Waals surface area contributed by atoms with Gasteiger partial charge in [0.15, 0.2) is 0 Å². The van der Waals surface area contributed by atoms with Crippen LogP contribution in [0.25, 0.3) is 0 Å². The Morgan fingerprint density at radius 2 is 1.79 bits per heavy atom. The lowest BCUT2D eigenvalue weighted by Gasteiger charge is -2.12. The Labute approximate surface area is 114 Å². The van der Waals surface area contributed by atoms with Crippen LogP contribution in [0, 0.1) is 6.92 Å². The maximum atomic E-state index is 12.3. The van der Waals surface area contributed by atoms with Gasteiger partial charge in [0.1, 0.15) is 11.0 Å². The summed E-state index contributed by atoms with van der Waals surface area (Å²) in [5, 5.41) is 0.241. The molecule has 0 saturated carbocycles. The standard InChI is InChI=1S/C14H9ClN2O2/c1-8-5-6-9-10(7-8)14(19)17(13(9)18)12-4-2-3-11(15)16-12/h2-7H,1H3. The maximum Gasteiger partial charge on any atom is 0.267 e. The van der Waals surface area contributed by atoms with Crippen molar-refractivity contribution in [2.75, 3.05) is 4.90 Å². The number of carbonyl (C=O) groups is 2. The van der Waals surface area contributed by atoms with Gasteiger partial charge in [0.05, 0.1) is 11.1 Å². The van der Waals surface area contributed by atoms with E-state index < -0.39 is 0 Å². The third-order valence-electron chi connectivity index (χ3n) is 2.97. The van der Waals surface area contributed by atoms with Crippen LogP contribution in [0.1, 0.15) is 26.3 Å². The fourth-order valence-electron chi connectivity index (χ4n) is 2.08. The molecule has 2 aromatic rings. The van der Waals surface area contributed by atoms with Crippen molar-refractivity contribution >= 4 is 29.2 Å². The van der Waals surface area contributed by atoms with Gasteiger partial charge in [-0.15, -0.1) is 0 Å². The molecule has 0 bridgehead atoms. The summed E-state index contributed by atoms with van der Waals surface area (Å²) in [4.78, 5) is 29.6. The minimum atomic E-state index is -0.366. The number of anilines is 1. The minimum absolute atomic E-state index is 0.241. The predicted octanol–water partition coefficient (Wildman–Crippen LogP) is 2.84. The molecular weight excluding hydrogens is 264 g/mol. The topological polar surface area (TPSA) is 50.3 Å². The lowest BCUT2D eigenvalue weighted by atomic mass is 10.1. The van der Waals surface area contributed by atoms with Crippen molar-refractivity contribution in [2.45, 2.75) is 6.92 Å². The summed E-state index contributed by atoms with van der Waals surface area (Å²) in [6.45, 7) is 1.87. The van der Waals surface area contributed by atoms with Gasteiger partial charge in [-0.25, -0.2) is 9.88 Å². The third kappa shape index (κ3) is 1.81. The van der Waals surface area contributed by atoms with Crippen LogP contribution in [0.3, 0.4) is 0 Å². The molecule has 3 rings (SSSR count). The number of imide groups is 1. The summed E-state index contributed by atoms with van der Waals surface area (Å²) in [6.07, 6.45) is 0.